The molecule has 0 unspecified atom stereocenters. The van der Waals surface area contributed by atoms with Crippen LogP contribution >= 0.6 is 0 Å². The van der Waals surface area contributed by atoms with E-state index in [1.807, 2.05) is 61.2 Å². The predicted octanol–water partition coefficient (Wildman–Crippen LogP) is 2.58. The summed E-state index contributed by atoms with van der Waals surface area (Å²) < 4.78 is 0. The van der Waals surface area contributed by atoms with Crippen LogP contribution in [-0.2, 0) is 9.59 Å². The average Bonchev–Trinajstić information content (AvgIpc) is 2.75. The Morgan fingerprint density at radius 2 is 1.62 bits per heavy atom. The van der Waals surface area contributed by atoms with Crippen LogP contribution in [0.3, 0.4) is 0 Å². The second-order valence-corrected chi connectivity index (χ2v) is 7.83. The normalized spacial score (nSPS) is 14.8. The number of benzene rings is 2. The van der Waals surface area contributed by atoms with E-state index in [9.17, 15) is 14.4 Å². The van der Waals surface area contributed by atoms with Gasteiger partial charge in [0.25, 0.3) is 5.91 Å². The molecule has 3 rings (SSSR count). The van der Waals surface area contributed by atoms with E-state index in [1.54, 1.807) is 0 Å². The lowest BCUT2D eigenvalue weighted by molar-refractivity contribution is -0.127. The summed E-state index contributed by atoms with van der Waals surface area (Å²) in [5.41, 5.74) is 0.715. The zero-order valence-electron chi connectivity index (χ0n) is 17.1. The van der Waals surface area contributed by atoms with Gasteiger partial charge in [0.05, 0.1) is 0 Å². The molecule has 6 heteroatoms. The smallest absolute Gasteiger partial charge is 0.254 e. The maximum atomic E-state index is 13.0. The van der Waals surface area contributed by atoms with Gasteiger partial charge in [0.15, 0.2) is 0 Å². The van der Waals surface area contributed by atoms with Crippen LogP contribution in [0.25, 0.3) is 10.8 Å². The van der Waals surface area contributed by atoms with Crippen LogP contribution in [0.15, 0.2) is 42.5 Å². The van der Waals surface area contributed by atoms with E-state index in [-0.39, 0.29) is 29.6 Å². The largest absolute Gasteiger partial charge is 0.354 e. The third-order valence-corrected chi connectivity index (χ3v) is 5.42. The maximum Gasteiger partial charge on any atom is 0.254 e. The summed E-state index contributed by atoms with van der Waals surface area (Å²) in [6, 6.07) is 13.7. The van der Waals surface area contributed by atoms with Crippen LogP contribution in [-0.4, -0.2) is 48.8 Å². The Balaban J connectivity index is 1.49. The van der Waals surface area contributed by atoms with Gasteiger partial charge in [-0.3, -0.25) is 14.4 Å². The van der Waals surface area contributed by atoms with Gasteiger partial charge in [-0.05, 0) is 29.7 Å². The molecule has 0 atom stereocenters. The standard InChI is InChI=1S/C23H29N3O3/c1-16(2)21(27)24-12-13-25-22(28)18-10-14-26(15-11-18)23(29)20-9-5-7-17-6-3-4-8-19(17)20/h3-9,16,18H,10-15H2,1-2H3,(H,24,27)(H,25,28). The fourth-order valence-electron chi connectivity index (χ4n) is 3.65. The Morgan fingerprint density at radius 1 is 0.966 bits per heavy atom. The lowest BCUT2D eigenvalue weighted by atomic mass is 9.95. The predicted molar refractivity (Wildman–Crippen MR) is 113 cm³/mol. The molecule has 0 aliphatic carbocycles. The number of rotatable bonds is 6. The van der Waals surface area contributed by atoms with E-state index in [1.165, 1.54) is 0 Å². The van der Waals surface area contributed by atoms with Crippen LogP contribution < -0.4 is 10.6 Å². The van der Waals surface area contributed by atoms with Gasteiger partial charge in [-0.15, -0.1) is 0 Å². The zero-order chi connectivity index (χ0) is 20.8. The van der Waals surface area contributed by atoms with Crippen molar-refractivity contribution in [2.45, 2.75) is 26.7 Å². The maximum absolute atomic E-state index is 13.0. The molecule has 2 N–H and O–H groups in total. The van der Waals surface area contributed by atoms with Crippen molar-refractivity contribution < 1.29 is 14.4 Å². The Hall–Kier alpha value is -2.89. The van der Waals surface area contributed by atoms with E-state index in [4.69, 9.17) is 0 Å². The number of nitrogens with zero attached hydrogens (tertiary/aromatic N) is 1. The van der Waals surface area contributed by atoms with Gasteiger partial charge in [0.1, 0.15) is 0 Å². The molecule has 6 nitrogen and oxygen atoms in total. The summed E-state index contributed by atoms with van der Waals surface area (Å²) in [4.78, 5) is 38.7. The van der Waals surface area contributed by atoms with Crippen molar-refractivity contribution in [1.29, 1.82) is 0 Å². The molecule has 1 saturated heterocycles. The monoisotopic (exact) mass is 395 g/mol. The summed E-state index contributed by atoms with van der Waals surface area (Å²) in [6.07, 6.45) is 1.31. The summed E-state index contributed by atoms with van der Waals surface area (Å²) in [5.74, 6) is -0.140. The molecule has 2 aromatic rings. The van der Waals surface area contributed by atoms with Crippen molar-refractivity contribution in [1.82, 2.24) is 15.5 Å². The molecule has 0 bridgehead atoms. The van der Waals surface area contributed by atoms with Crippen molar-refractivity contribution in [2.24, 2.45) is 11.8 Å². The number of carbonyl (C=O) groups excluding carboxylic acids is 3. The number of piperidine rings is 1. The quantitative estimate of drug-likeness (QED) is 0.738. The van der Waals surface area contributed by atoms with E-state index in [0.717, 1.165) is 10.8 Å². The Labute approximate surface area is 171 Å². The summed E-state index contributed by atoms with van der Waals surface area (Å²) in [7, 11) is 0. The third kappa shape index (κ3) is 5.13. The van der Waals surface area contributed by atoms with Crippen LogP contribution in [0.2, 0.25) is 0 Å². The molecule has 154 valence electrons. The number of fused-ring (bicyclic) bond motifs is 1. The van der Waals surface area contributed by atoms with Gasteiger partial charge in [-0.1, -0.05) is 50.2 Å². The highest BCUT2D eigenvalue weighted by molar-refractivity contribution is 6.07. The van der Waals surface area contributed by atoms with Crippen molar-refractivity contribution >= 4 is 28.5 Å². The van der Waals surface area contributed by atoms with Crippen LogP contribution in [0, 0.1) is 11.8 Å². The Bertz CT molecular complexity index is 881. The molecule has 2 aromatic carbocycles. The van der Waals surface area contributed by atoms with Gasteiger partial charge in [-0.25, -0.2) is 0 Å². The van der Waals surface area contributed by atoms with E-state index >= 15 is 0 Å². The first kappa shape index (κ1) is 20.8. The third-order valence-electron chi connectivity index (χ3n) is 5.42. The molecule has 29 heavy (non-hydrogen) atoms. The molecule has 1 aliphatic heterocycles. The molecule has 1 fully saturated rings. The highest BCUT2D eigenvalue weighted by Crippen LogP contribution is 2.23. The van der Waals surface area contributed by atoms with Crippen molar-refractivity contribution in [2.75, 3.05) is 26.2 Å². The molecular formula is C23H29N3O3. The number of likely N-dealkylation sites (tertiary alicyclic amines) is 1. The van der Waals surface area contributed by atoms with Gasteiger partial charge in [-0.2, -0.15) is 0 Å². The van der Waals surface area contributed by atoms with Crippen molar-refractivity contribution in [3.05, 3.63) is 48.0 Å². The topological polar surface area (TPSA) is 78.5 Å². The zero-order valence-corrected chi connectivity index (χ0v) is 17.1. The second kappa shape index (κ2) is 9.54. The van der Waals surface area contributed by atoms with Gasteiger partial charge < -0.3 is 15.5 Å². The van der Waals surface area contributed by atoms with Gasteiger partial charge in [0.2, 0.25) is 11.8 Å². The fourth-order valence-corrected chi connectivity index (χ4v) is 3.65. The van der Waals surface area contributed by atoms with Crippen molar-refractivity contribution in [3.63, 3.8) is 0 Å². The first-order chi connectivity index (χ1) is 14.0. The van der Waals surface area contributed by atoms with E-state index in [0.29, 0.717) is 44.6 Å². The molecule has 3 amide bonds. The minimum Gasteiger partial charge on any atom is -0.354 e. The molecule has 0 spiro atoms. The highest BCUT2D eigenvalue weighted by Gasteiger charge is 2.28. The van der Waals surface area contributed by atoms with Crippen LogP contribution in [0.4, 0.5) is 0 Å². The molecule has 1 heterocycles. The average molecular weight is 396 g/mol. The molecule has 1 aliphatic rings. The minimum atomic E-state index is -0.0904. The highest BCUT2D eigenvalue weighted by atomic mass is 16.2. The summed E-state index contributed by atoms with van der Waals surface area (Å²) in [5, 5.41) is 7.69. The molecule has 0 radical (unpaired) electrons. The number of hydrogen-bond acceptors (Lipinski definition) is 3. The van der Waals surface area contributed by atoms with E-state index < -0.39 is 0 Å². The lowest BCUT2D eigenvalue weighted by Gasteiger charge is -2.31. The van der Waals surface area contributed by atoms with Crippen LogP contribution in [0.5, 0.6) is 0 Å². The van der Waals surface area contributed by atoms with Crippen molar-refractivity contribution in [3.8, 4) is 0 Å². The lowest BCUT2D eigenvalue weighted by Crippen LogP contribution is -2.44. The first-order valence-electron chi connectivity index (χ1n) is 10.3. The molecule has 0 aromatic heterocycles. The Kier molecular flexibility index (Phi) is 6.86. The number of amides is 3. The summed E-state index contributed by atoms with van der Waals surface area (Å²) >= 11 is 0. The summed E-state index contributed by atoms with van der Waals surface area (Å²) in [6.45, 7) is 5.67. The number of carbonyl (C=O) groups is 3. The fraction of sp³-hybridized carbons (Fsp3) is 0.435. The number of nitrogens with one attached hydrogen (secondary N) is 2. The SMILES string of the molecule is CC(C)C(=O)NCCNC(=O)C1CCN(C(=O)c2cccc3ccccc23)CC1. The molecular weight excluding hydrogens is 366 g/mol. The minimum absolute atomic E-state index is 0.000978. The van der Waals surface area contributed by atoms with Crippen LogP contribution in [0.1, 0.15) is 37.0 Å². The first-order valence-corrected chi connectivity index (χ1v) is 10.3. The second-order valence-electron chi connectivity index (χ2n) is 7.83. The Morgan fingerprint density at radius 3 is 2.34 bits per heavy atom. The number of hydrogen-bond donors (Lipinski definition) is 2. The van der Waals surface area contributed by atoms with Gasteiger partial charge >= 0.3 is 0 Å². The van der Waals surface area contributed by atoms with Gasteiger partial charge in [0, 0.05) is 43.6 Å². The molecule has 0 saturated carbocycles. The van der Waals surface area contributed by atoms with E-state index in [2.05, 4.69) is 10.6 Å².